The molecule has 1 saturated heterocycles. The highest BCUT2D eigenvalue weighted by Gasteiger charge is 2.14. The molecule has 0 spiro atoms. The lowest BCUT2D eigenvalue weighted by Crippen LogP contribution is -2.40. The molecule has 0 atom stereocenters. The van der Waals surface area contributed by atoms with Gasteiger partial charge in [0.25, 0.3) is 0 Å². The summed E-state index contributed by atoms with van der Waals surface area (Å²) in [6.07, 6.45) is 0.526. The van der Waals surface area contributed by atoms with Crippen molar-refractivity contribution in [3.63, 3.8) is 0 Å². The van der Waals surface area contributed by atoms with E-state index in [2.05, 4.69) is 17.9 Å². The normalized spacial score (nSPS) is 18.1. The smallest absolute Gasteiger partial charge is 0.204 e. The topological polar surface area (TPSA) is 49.4 Å². The van der Waals surface area contributed by atoms with Crippen LogP contribution in [0.3, 0.4) is 0 Å². The highest BCUT2D eigenvalue weighted by molar-refractivity contribution is 8.11. The lowest BCUT2D eigenvalue weighted by atomic mass is 10.4. The Kier molecular flexibility index (Phi) is 5.54. The van der Waals surface area contributed by atoms with Crippen LogP contribution in [0.4, 0.5) is 0 Å². The average Bonchev–Trinajstić information content (AvgIpc) is 2.16. The summed E-state index contributed by atoms with van der Waals surface area (Å²) in [5, 5.41) is 3.03. The van der Waals surface area contributed by atoms with Gasteiger partial charge in [0.05, 0.1) is 0 Å². The number of hydrogen-bond acceptors (Lipinski definition) is 5. The fourth-order valence-electron chi connectivity index (χ4n) is 1.13. The average molecular weight is 234 g/mol. The molecular weight excluding hydrogens is 220 g/mol. The van der Waals surface area contributed by atoms with Gasteiger partial charge in [0.2, 0.25) is 5.12 Å². The molecule has 1 heterocycles. The van der Waals surface area contributed by atoms with Crippen molar-refractivity contribution in [2.24, 2.45) is 0 Å². The van der Waals surface area contributed by atoms with E-state index >= 15 is 0 Å². The molecule has 0 saturated carbocycles. The minimum absolute atomic E-state index is 0.0503. The second-order valence-electron chi connectivity index (χ2n) is 3.04. The van der Waals surface area contributed by atoms with Crippen molar-refractivity contribution in [1.82, 2.24) is 9.62 Å². The molecule has 0 aromatic carbocycles. The van der Waals surface area contributed by atoms with Crippen molar-refractivity contribution in [2.45, 2.75) is 12.8 Å². The molecule has 0 aromatic heterocycles. The quantitative estimate of drug-likeness (QED) is 0.541. The zero-order valence-electron chi connectivity index (χ0n) is 7.86. The third-order valence-electron chi connectivity index (χ3n) is 1.85. The first-order valence-electron chi connectivity index (χ1n) is 4.57. The van der Waals surface area contributed by atoms with Gasteiger partial charge in [0, 0.05) is 39.0 Å². The van der Waals surface area contributed by atoms with Gasteiger partial charge in [-0.25, -0.2) is 4.31 Å². The predicted molar refractivity (Wildman–Crippen MR) is 60.3 cm³/mol. The molecule has 0 aromatic rings. The van der Waals surface area contributed by atoms with Crippen LogP contribution in [0.5, 0.6) is 0 Å². The molecule has 1 rings (SSSR count). The van der Waals surface area contributed by atoms with Gasteiger partial charge in [0.1, 0.15) is 0 Å². The van der Waals surface area contributed by atoms with Crippen LogP contribution in [0.1, 0.15) is 12.8 Å². The zero-order chi connectivity index (χ0) is 10.4. The summed E-state index contributed by atoms with van der Waals surface area (Å²) >= 11 is 4.85. The second kappa shape index (κ2) is 6.44. The van der Waals surface area contributed by atoms with Gasteiger partial charge < -0.3 is 5.32 Å². The van der Waals surface area contributed by atoms with Gasteiger partial charge in [0.15, 0.2) is 5.12 Å². The Hall–Kier alpha value is -0.0400. The first-order chi connectivity index (χ1) is 6.68. The Balaban J connectivity index is 2.15. The van der Waals surface area contributed by atoms with E-state index in [1.165, 1.54) is 11.9 Å². The van der Waals surface area contributed by atoms with E-state index in [1.54, 1.807) is 0 Å². The summed E-state index contributed by atoms with van der Waals surface area (Å²) < 4.78 is 2.03. The van der Waals surface area contributed by atoms with Crippen LogP contribution in [0.15, 0.2) is 0 Å². The van der Waals surface area contributed by atoms with Gasteiger partial charge in [-0.3, -0.25) is 9.59 Å². The molecule has 1 aliphatic heterocycles. The zero-order valence-corrected chi connectivity index (χ0v) is 9.57. The number of nitrogens with one attached hydrogen (secondary N) is 1. The summed E-state index contributed by atoms with van der Waals surface area (Å²) in [7, 11) is 0. The van der Waals surface area contributed by atoms with E-state index in [-0.39, 0.29) is 23.1 Å². The molecule has 14 heavy (non-hydrogen) atoms. The van der Waals surface area contributed by atoms with Gasteiger partial charge in [-0.15, -0.1) is 12.6 Å². The summed E-state index contributed by atoms with van der Waals surface area (Å²) in [6.45, 7) is 3.61. The largest absolute Gasteiger partial charge is 0.314 e. The van der Waals surface area contributed by atoms with Crippen molar-refractivity contribution in [1.29, 1.82) is 0 Å². The number of carbonyl (C=O) groups excluding carboxylic acids is 2. The van der Waals surface area contributed by atoms with Crippen molar-refractivity contribution >= 4 is 34.8 Å². The maximum atomic E-state index is 11.3. The lowest BCUT2D eigenvalue weighted by Gasteiger charge is -2.24. The molecule has 80 valence electrons. The van der Waals surface area contributed by atoms with E-state index in [0.29, 0.717) is 0 Å². The number of carbonyl (C=O) groups is 2. The summed E-state index contributed by atoms with van der Waals surface area (Å²) in [6, 6.07) is 0. The van der Waals surface area contributed by atoms with E-state index in [9.17, 15) is 9.59 Å². The summed E-state index contributed by atoms with van der Waals surface area (Å²) in [5.41, 5.74) is 0. The molecule has 1 N–H and O–H groups in total. The van der Waals surface area contributed by atoms with E-state index in [4.69, 9.17) is 0 Å². The van der Waals surface area contributed by atoms with Crippen LogP contribution < -0.4 is 5.32 Å². The van der Waals surface area contributed by atoms with E-state index in [0.717, 1.165) is 26.2 Å². The molecule has 0 bridgehead atoms. The number of hydrogen-bond donors (Lipinski definition) is 2. The lowest BCUT2D eigenvalue weighted by molar-refractivity contribution is -0.115. The minimum atomic E-state index is -0.223. The number of rotatable bonds is 4. The van der Waals surface area contributed by atoms with Crippen LogP contribution in [0.2, 0.25) is 0 Å². The Bertz CT molecular complexity index is 217. The third kappa shape index (κ3) is 4.99. The predicted octanol–water partition coefficient (Wildman–Crippen LogP) is 0.303. The Morgan fingerprint density at radius 3 is 2.50 bits per heavy atom. The first kappa shape index (κ1) is 12.0. The molecule has 1 aliphatic rings. The van der Waals surface area contributed by atoms with E-state index < -0.39 is 0 Å². The summed E-state index contributed by atoms with van der Waals surface area (Å²) in [4.78, 5) is 21.8. The maximum Gasteiger partial charge on any atom is 0.204 e. The third-order valence-corrected chi connectivity index (χ3v) is 3.10. The van der Waals surface area contributed by atoms with Crippen LogP contribution in [0.25, 0.3) is 0 Å². The Labute approximate surface area is 93.3 Å². The molecule has 6 heteroatoms. The maximum absolute atomic E-state index is 11.3. The molecule has 0 aliphatic carbocycles. The number of nitrogens with zero attached hydrogens (tertiary/aromatic N) is 1. The molecule has 0 amide bonds. The van der Waals surface area contributed by atoms with Crippen LogP contribution in [-0.4, -0.2) is 40.7 Å². The standard InChI is InChI=1S/C8H14N2O2S2/c11-7(13)1-2-8(12)14-10-5-3-9-4-6-10/h9H,1-6H2,(H,11,13). The highest BCUT2D eigenvalue weighted by Crippen LogP contribution is 2.14. The molecule has 0 radical (unpaired) electrons. The summed E-state index contributed by atoms with van der Waals surface area (Å²) in [5.74, 6) is 0. The Morgan fingerprint density at radius 2 is 1.93 bits per heavy atom. The molecule has 0 unspecified atom stereocenters. The van der Waals surface area contributed by atoms with Crippen molar-refractivity contribution in [3.8, 4) is 0 Å². The Morgan fingerprint density at radius 1 is 1.29 bits per heavy atom. The highest BCUT2D eigenvalue weighted by atomic mass is 32.2. The van der Waals surface area contributed by atoms with Gasteiger partial charge in [-0.05, 0) is 11.9 Å². The van der Waals surface area contributed by atoms with Crippen molar-refractivity contribution < 1.29 is 9.59 Å². The van der Waals surface area contributed by atoms with Crippen molar-refractivity contribution in [3.05, 3.63) is 0 Å². The van der Waals surface area contributed by atoms with Crippen molar-refractivity contribution in [2.75, 3.05) is 26.2 Å². The van der Waals surface area contributed by atoms with Crippen LogP contribution in [0, 0.1) is 0 Å². The molecular formula is C8H14N2O2S2. The van der Waals surface area contributed by atoms with Gasteiger partial charge >= 0.3 is 0 Å². The number of thiol groups is 1. The minimum Gasteiger partial charge on any atom is -0.314 e. The SMILES string of the molecule is O=C(S)CCC(=O)SN1CCNCC1. The monoisotopic (exact) mass is 234 g/mol. The van der Waals surface area contributed by atoms with Crippen LogP contribution >= 0.6 is 24.6 Å². The van der Waals surface area contributed by atoms with Crippen LogP contribution in [-0.2, 0) is 9.59 Å². The molecule has 4 nitrogen and oxygen atoms in total. The first-order valence-corrected chi connectivity index (χ1v) is 5.79. The second-order valence-corrected chi connectivity index (χ2v) is 4.69. The van der Waals surface area contributed by atoms with Gasteiger partial charge in [-0.1, -0.05) is 0 Å². The molecule has 1 fully saturated rings. The fourth-order valence-corrected chi connectivity index (χ4v) is 2.09. The van der Waals surface area contributed by atoms with Gasteiger partial charge in [-0.2, -0.15) is 0 Å². The van der Waals surface area contributed by atoms with E-state index in [1.807, 2.05) is 4.31 Å². The fraction of sp³-hybridized carbons (Fsp3) is 0.750. The number of piperazine rings is 1.